The highest BCUT2D eigenvalue weighted by molar-refractivity contribution is 5.27. The lowest BCUT2D eigenvalue weighted by molar-refractivity contribution is -0.220. The molecule has 4 saturated carbocycles. The van der Waals surface area contributed by atoms with E-state index in [0.29, 0.717) is 11.3 Å². The quantitative estimate of drug-likeness (QED) is 0.672. The van der Waals surface area contributed by atoms with E-state index in [1.807, 2.05) is 13.8 Å². The molecule has 4 aliphatic rings. The van der Waals surface area contributed by atoms with E-state index in [2.05, 4.69) is 13.5 Å². The van der Waals surface area contributed by atoms with E-state index in [1.54, 1.807) is 0 Å². The van der Waals surface area contributed by atoms with E-state index < -0.39 is 5.60 Å². The Labute approximate surface area is 98.9 Å². The molecule has 4 bridgehead atoms. The van der Waals surface area contributed by atoms with Gasteiger partial charge >= 0.3 is 0 Å². The normalized spacial score (nSPS) is 51.1. The molecular weight excluding hydrogens is 196 g/mol. The summed E-state index contributed by atoms with van der Waals surface area (Å²) in [5, 5.41) is 10.3. The van der Waals surface area contributed by atoms with Crippen molar-refractivity contribution in [2.75, 3.05) is 0 Å². The summed E-state index contributed by atoms with van der Waals surface area (Å²) in [6.07, 6.45) is 5.07. The fourth-order valence-corrected chi connectivity index (χ4v) is 5.32. The second-order valence-corrected chi connectivity index (χ2v) is 7.16. The van der Waals surface area contributed by atoms with Gasteiger partial charge in [0.05, 0.1) is 5.60 Å². The summed E-state index contributed by atoms with van der Waals surface area (Å²) in [7, 11) is 0. The van der Waals surface area contributed by atoms with Crippen molar-refractivity contribution < 1.29 is 5.11 Å². The molecule has 0 heterocycles. The Morgan fingerprint density at radius 1 is 1.38 bits per heavy atom. The van der Waals surface area contributed by atoms with Gasteiger partial charge in [0.1, 0.15) is 0 Å². The monoisotopic (exact) mass is 220 g/mol. The largest absolute Gasteiger partial charge is 0.390 e. The van der Waals surface area contributed by atoms with Crippen LogP contribution in [0.25, 0.3) is 0 Å². The third-order valence-corrected chi connectivity index (χ3v) is 5.99. The van der Waals surface area contributed by atoms with Crippen LogP contribution in [-0.4, -0.2) is 10.7 Å². The topological polar surface area (TPSA) is 20.2 Å². The predicted octanol–water partition coefficient (Wildman–Crippen LogP) is 3.39. The zero-order valence-corrected chi connectivity index (χ0v) is 10.8. The van der Waals surface area contributed by atoms with Crippen LogP contribution in [0, 0.1) is 29.1 Å². The maximum absolute atomic E-state index is 10.3. The van der Waals surface area contributed by atoms with Crippen LogP contribution in [-0.2, 0) is 0 Å². The van der Waals surface area contributed by atoms with Gasteiger partial charge in [-0.25, -0.2) is 0 Å². The molecule has 4 fully saturated rings. The molecule has 0 aromatic rings. The standard InChI is InChI=1S/C15H24O/c1-9-5-6-11-12-10(14(2,3)16)7-8-15(11,4)13(9)12/h10-13,16H,1,5-8H2,2-4H3/t10-,11-,12-,13+,15+/m1/s1. The van der Waals surface area contributed by atoms with Crippen LogP contribution in [0.1, 0.15) is 46.5 Å². The molecule has 4 aliphatic carbocycles. The van der Waals surface area contributed by atoms with Gasteiger partial charge in [-0.05, 0) is 68.6 Å². The van der Waals surface area contributed by atoms with E-state index in [4.69, 9.17) is 0 Å². The molecule has 0 unspecified atom stereocenters. The van der Waals surface area contributed by atoms with Crippen molar-refractivity contribution in [2.45, 2.75) is 52.1 Å². The number of hydrogen-bond acceptors (Lipinski definition) is 1. The van der Waals surface area contributed by atoms with Gasteiger partial charge in [0.25, 0.3) is 0 Å². The number of rotatable bonds is 1. The second-order valence-electron chi connectivity index (χ2n) is 7.16. The molecule has 0 aromatic carbocycles. The van der Waals surface area contributed by atoms with Gasteiger partial charge in [-0.15, -0.1) is 0 Å². The summed E-state index contributed by atoms with van der Waals surface area (Å²) in [6, 6.07) is 0. The first-order valence-corrected chi connectivity index (χ1v) is 6.76. The maximum Gasteiger partial charge on any atom is 0.0622 e. The molecule has 4 rings (SSSR count). The van der Waals surface area contributed by atoms with Crippen LogP contribution >= 0.6 is 0 Å². The van der Waals surface area contributed by atoms with E-state index in [1.165, 1.54) is 31.3 Å². The average Bonchev–Trinajstić information content (AvgIpc) is 2.16. The fourth-order valence-electron chi connectivity index (χ4n) is 5.32. The summed E-state index contributed by atoms with van der Waals surface area (Å²) in [4.78, 5) is 0. The average molecular weight is 220 g/mol. The predicted molar refractivity (Wildman–Crippen MR) is 66.0 cm³/mol. The minimum absolute atomic E-state index is 0.499. The van der Waals surface area contributed by atoms with E-state index in [-0.39, 0.29) is 0 Å². The molecule has 0 spiro atoms. The Balaban J connectivity index is 1.94. The van der Waals surface area contributed by atoms with Gasteiger partial charge in [-0.2, -0.15) is 0 Å². The molecule has 0 amide bonds. The molecule has 1 heteroatoms. The summed E-state index contributed by atoms with van der Waals surface area (Å²) in [5.74, 6) is 2.82. The Morgan fingerprint density at radius 2 is 2.06 bits per heavy atom. The van der Waals surface area contributed by atoms with Crippen molar-refractivity contribution in [1.82, 2.24) is 0 Å². The van der Waals surface area contributed by atoms with Crippen molar-refractivity contribution in [3.63, 3.8) is 0 Å². The van der Waals surface area contributed by atoms with E-state index in [0.717, 1.165) is 17.8 Å². The van der Waals surface area contributed by atoms with Gasteiger partial charge in [0, 0.05) is 0 Å². The lowest BCUT2D eigenvalue weighted by atomic mass is 9.33. The first kappa shape index (κ1) is 10.8. The number of fused-ring (bicyclic) bond motifs is 2. The molecule has 16 heavy (non-hydrogen) atoms. The lowest BCUT2D eigenvalue weighted by Gasteiger charge is -2.71. The van der Waals surface area contributed by atoms with Crippen molar-refractivity contribution in [2.24, 2.45) is 29.1 Å². The summed E-state index contributed by atoms with van der Waals surface area (Å²) >= 11 is 0. The molecule has 5 atom stereocenters. The molecule has 1 nitrogen and oxygen atoms in total. The second kappa shape index (κ2) is 2.93. The Bertz CT molecular complexity index is 338. The first-order chi connectivity index (χ1) is 7.36. The van der Waals surface area contributed by atoms with Crippen molar-refractivity contribution in [1.29, 1.82) is 0 Å². The van der Waals surface area contributed by atoms with Crippen molar-refractivity contribution >= 4 is 0 Å². The molecular formula is C15H24O. The van der Waals surface area contributed by atoms with Gasteiger partial charge in [-0.1, -0.05) is 19.1 Å². The van der Waals surface area contributed by atoms with Crippen LogP contribution in [0.15, 0.2) is 12.2 Å². The Kier molecular flexibility index (Phi) is 1.98. The number of allylic oxidation sites excluding steroid dienone is 1. The summed E-state index contributed by atoms with van der Waals surface area (Å²) in [6.45, 7) is 10.8. The number of aliphatic hydroxyl groups is 1. The zero-order valence-electron chi connectivity index (χ0n) is 10.8. The third-order valence-electron chi connectivity index (χ3n) is 5.99. The van der Waals surface area contributed by atoms with Gasteiger partial charge in [0.2, 0.25) is 0 Å². The van der Waals surface area contributed by atoms with Crippen molar-refractivity contribution in [3.05, 3.63) is 12.2 Å². The van der Waals surface area contributed by atoms with Crippen molar-refractivity contribution in [3.8, 4) is 0 Å². The molecule has 90 valence electrons. The third kappa shape index (κ3) is 1.11. The molecule has 0 aromatic heterocycles. The summed E-state index contributed by atoms with van der Waals surface area (Å²) in [5.41, 5.74) is 1.52. The molecule has 1 N–H and O–H groups in total. The van der Waals surface area contributed by atoms with Gasteiger partial charge < -0.3 is 5.11 Å². The van der Waals surface area contributed by atoms with Crippen LogP contribution in [0.3, 0.4) is 0 Å². The smallest absolute Gasteiger partial charge is 0.0622 e. The molecule has 0 radical (unpaired) electrons. The Hall–Kier alpha value is -0.300. The highest BCUT2D eigenvalue weighted by Crippen LogP contribution is 2.73. The summed E-state index contributed by atoms with van der Waals surface area (Å²) < 4.78 is 0. The van der Waals surface area contributed by atoms with Crippen LogP contribution in [0.2, 0.25) is 0 Å². The zero-order chi connectivity index (χ0) is 11.7. The van der Waals surface area contributed by atoms with E-state index in [9.17, 15) is 5.11 Å². The molecule has 0 saturated heterocycles. The SMILES string of the molecule is C=C1CC[C@@H]2[C@H]3[C@H](C(C)(C)O)CC[C@]2(C)[C@@H]13. The highest BCUT2D eigenvalue weighted by atomic mass is 16.3. The highest BCUT2D eigenvalue weighted by Gasteiger charge is 2.67. The minimum Gasteiger partial charge on any atom is -0.390 e. The lowest BCUT2D eigenvalue weighted by Crippen LogP contribution is -2.66. The fraction of sp³-hybridized carbons (Fsp3) is 0.867. The van der Waals surface area contributed by atoms with Crippen LogP contribution in [0.5, 0.6) is 0 Å². The van der Waals surface area contributed by atoms with Gasteiger partial charge in [-0.3, -0.25) is 0 Å². The number of hydrogen-bond donors (Lipinski definition) is 1. The van der Waals surface area contributed by atoms with E-state index >= 15 is 0 Å². The Morgan fingerprint density at radius 3 is 2.62 bits per heavy atom. The molecule has 0 aliphatic heterocycles. The van der Waals surface area contributed by atoms with Crippen LogP contribution in [0.4, 0.5) is 0 Å². The van der Waals surface area contributed by atoms with Crippen LogP contribution < -0.4 is 0 Å². The van der Waals surface area contributed by atoms with Gasteiger partial charge in [0.15, 0.2) is 0 Å². The minimum atomic E-state index is -0.499. The first-order valence-electron chi connectivity index (χ1n) is 6.76. The maximum atomic E-state index is 10.3.